The fourth-order valence-corrected chi connectivity index (χ4v) is 18.5. The highest BCUT2D eigenvalue weighted by Gasteiger charge is 2.36. The lowest BCUT2D eigenvalue weighted by molar-refractivity contribution is 0.660. The van der Waals surface area contributed by atoms with Gasteiger partial charge < -0.3 is 18.6 Å². The van der Waals surface area contributed by atoms with Crippen LogP contribution < -0.4 is 4.90 Å². The van der Waals surface area contributed by atoms with E-state index in [-0.39, 0.29) is 5.41 Å². The zero-order chi connectivity index (χ0) is 69.2. The van der Waals surface area contributed by atoms with Crippen molar-refractivity contribution in [2.24, 2.45) is 0 Å². The third-order valence-corrected chi connectivity index (χ3v) is 23.2. The Morgan fingerprint density at radius 3 is 1.02 bits per heavy atom. The number of anilines is 3. The van der Waals surface area contributed by atoms with Gasteiger partial charge in [0.1, 0.15) is 0 Å². The fraction of sp³-hybridized carbons (Fsp3) is 0.0297. The topological polar surface area (TPSA) is 18.0 Å². The Balaban J connectivity index is 0.000000133. The standard InChI is InChI=1S/C55H38N2.C46H28N2/c1-55(2)48-20-9-8-17-44(48)45-32-31-41(34-49(45)55)56(38-13-4-3-5-14-38)39-27-22-35(23-28-39)36-24-29-40(30-25-36)57-50-21-11-19-47-43-16-7-6-15-42(43)46-18-10-12-37-26-33-51(57)54(52(37)46)53(47)50;1-2-11-35-34(10-1)38-14-7-9-31-23-28-43-46(44(31)38)45-39(35)15-8-18-42(45)48(43)33-26-21-30(22-27-33)29-19-24-32(25-20-29)47-40-16-5-3-12-36(40)37-13-4-6-17-41(37)47/h3-34H,1-2H3;1-28H. The summed E-state index contributed by atoms with van der Waals surface area (Å²) in [5.41, 5.74) is 34.9. The second kappa shape index (κ2) is 22.7. The summed E-state index contributed by atoms with van der Waals surface area (Å²) < 4.78 is 7.28. The first kappa shape index (κ1) is 59.2. The van der Waals surface area contributed by atoms with Crippen molar-refractivity contribution in [3.8, 4) is 95.0 Å². The molecule has 3 aliphatic carbocycles. The molecule has 17 aromatic carbocycles. The van der Waals surface area contributed by atoms with Crippen LogP contribution in [0.15, 0.2) is 364 Å². The van der Waals surface area contributed by atoms with Gasteiger partial charge in [0.05, 0.1) is 33.1 Å². The van der Waals surface area contributed by atoms with Crippen LogP contribution in [0.1, 0.15) is 25.0 Å². The summed E-state index contributed by atoms with van der Waals surface area (Å²) in [4.78, 5) is 2.38. The molecule has 0 N–H and O–H groups in total. The quantitative estimate of drug-likeness (QED) is 0.148. The van der Waals surface area contributed by atoms with E-state index in [9.17, 15) is 0 Å². The van der Waals surface area contributed by atoms with E-state index in [1.807, 2.05) is 0 Å². The first-order valence-corrected chi connectivity index (χ1v) is 36.6. The van der Waals surface area contributed by atoms with Crippen molar-refractivity contribution in [2.45, 2.75) is 19.3 Å². The van der Waals surface area contributed by atoms with Gasteiger partial charge in [-0.15, -0.1) is 0 Å². The van der Waals surface area contributed by atoms with E-state index < -0.39 is 0 Å². The molecule has 0 bridgehead atoms. The number of fused-ring (bicyclic) bond motifs is 12. The summed E-state index contributed by atoms with van der Waals surface area (Å²) in [6, 6.07) is 134. The van der Waals surface area contributed by atoms with Crippen molar-refractivity contribution < 1.29 is 0 Å². The molecule has 3 aliphatic rings. The van der Waals surface area contributed by atoms with E-state index in [2.05, 4.69) is 396 Å². The summed E-state index contributed by atoms with van der Waals surface area (Å²) >= 11 is 0. The molecule has 0 saturated carbocycles. The van der Waals surface area contributed by atoms with Crippen LogP contribution in [0.2, 0.25) is 0 Å². The largest absolute Gasteiger partial charge is 0.310 e. The van der Waals surface area contributed by atoms with Gasteiger partial charge in [0.25, 0.3) is 0 Å². The lowest BCUT2D eigenvalue weighted by Crippen LogP contribution is -2.16. The van der Waals surface area contributed by atoms with Crippen LogP contribution >= 0.6 is 0 Å². The van der Waals surface area contributed by atoms with Gasteiger partial charge in [0.2, 0.25) is 0 Å². The highest BCUT2D eigenvalue weighted by atomic mass is 15.1. The van der Waals surface area contributed by atoms with E-state index >= 15 is 0 Å². The van der Waals surface area contributed by atoms with Gasteiger partial charge in [0.15, 0.2) is 0 Å². The molecule has 0 atom stereocenters. The van der Waals surface area contributed by atoms with Crippen molar-refractivity contribution in [1.82, 2.24) is 13.7 Å². The molecule has 3 heterocycles. The summed E-state index contributed by atoms with van der Waals surface area (Å²) in [6.07, 6.45) is 0. The smallest absolute Gasteiger partial charge is 0.0547 e. The number of rotatable bonds is 8. The second-order valence-electron chi connectivity index (χ2n) is 29.0. The van der Waals surface area contributed by atoms with Crippen LogP contribution in [-0.4, -0.2) is 13.7 Å². The van der Waals surface area contributed by atoms with Gasteiger partial charge in [0, 0.05) is 71.9 Å². The van der Waals surface area contributed by atoms with E-state index in [4.69, 9.17) is 0 Å². The number of aromatic nitrogens is 3. The average molecular weight is 1340 g/mol. The Bertz CT molecular complexity index is 6950. The maximum Gasteiger partial charge on any atom is 0.0547 e. The predicted molar refractivity (Wildman–Crippen MR) is 443 cm³/mol. The molecular formula is C101H66N4. The molecule has 0 aliphatic heterocycles. The summed E-state index contributed by atoms with van der Waals surface area (Å²) in [7, 11) is 0. The molecule has 4 nitrogen and oxygen atoms in total. The zero-order valence-corrected chi connectivity index (χ0v) is 57.9. The first-order valence-electron chi connectivity index (χ1n) is 36.6. The SMILES string of the molecule is CC1(C)c2ccccc2-c2ccc(N(c3ccccc3)c3ccc(-c4ccc(-n5c6cccc7c6c6c8c(cccc8ccc65)-c5ccccc5-7)cc4)cc3)cc21.c1ccc2c(c1)-c1cccc3ccc4c(c13)c1c-2cccc1n4-c1ccc(-c2ccc(-n3c4ccccc4c4ccccc43)cc2)cc1. The van der Waals surface area contributed by atoms with Gasteiger partial charge >= 0.3 is 0 Å². The number of hydrogen-bond donors (Lipinski definition) is 0. The van der Waals surface area contributed by atoms with Crippen LogP contribution in [0, 0.1) is 0 Å². The van der Waals surface area contributed by atoms with Crippen molar-refractivity contribution in [1.29, 1.82) is 0 Å². The maximum absolute atomic E-state index is 2.46. The minimum Gasteiger partial charge on any atom is -0.310 e. The van der Waals surface area contributed by atoms with Crippen LogP contribution in [0.3, 0.4) is 0 Å². The molecule has 0 saturated heterocycles. The van der Waals surface area contributed by atoms with Gasteiger partial charge in [-0.05, 0) is 220 Å². The monoisotopic (exact) mass is 1330 g/mol. The minimum atomic E-state index is -0.0700. The Hall–Kier alpha value is -13.5. The number of para-hydroxylation sites is 3. The van der Waals surface area contributed by atoms with Gasteiger partial charge in [-0.25, -0.2) is 0 Å². The highest BCUT2D eigenvalue weighted by molar-refractivity contribution is 6.32. The first-order chi connectivity index (χ1) is 51.9. The molecule has 105 heavy (non-hydrogen) atoms. The van der Waals surface area contributed by atoms with Crippen molar-refractivity contribution in [2.75, 3.05) is 4.90 Å². The molecule has 4 heteroatoms. The van der Waals surface area contributed by atoms with Crippen LogP contribution in [0.5, 0.6) is 0 Å². The van der Waals surface area contributed by atoms with Crippen LogP contribution in [-0.2, 0) is 5.41 Å². The van der Waals surface area contributed by atoms with Crippen molar-refractivity contribution >= 4 is 104 Å². The van der Waals surface area contributed by atoms with E-state index in [1.165, 1.54) is 187 Å². The second-order valence-corrected chi connectivity index (χ2v) is 29.0. The molecule has 3 aromatic heterocycles. The summed E-state index contributed by atoms with van der Waals surface area (Å²) in [6.45, 7) is 4.70. The van der Waals surface area contributed by atoms with E-state index in [0.717, 1.165) is 22.7 Å². The van der Waals surface area contributed by atoms with Gasteiger partial charge in [-0.2, -0.15) is 0 Å². The highest BCUT2D eigenvalue weighted by Crippen LogP contribution is 2.54. The average Bonchev–Trinajstić information content (AvgIpc) is 1.06. The molecule has 0 spiro atoms. The Morgan fingerprint density at radius 1 is 0.210 bits per heavy atom. The Kier molecular flexibility index (Phi) is 12.8. The fourth-order valence-electron chi connectivity index (χ4n) is 18.5. The molecule has 23 rings (SSSR count). The molecule has 490 valence electrons. The molecule has 0 unspecified atom stereocenters. The van der Waals surface area contributed by atoms with E-state index in [1.54, 1.807) is 0 Å². The normalized spacial score (nSPS) is 12.7. The third kappa shape index (κ3) is 8.75. The lowest BCUT2D eigenvalue weighted by Gasteiger charge is -2.28. The summed E-state index contributed by atoms with van der Waals surface area (Å²) in [5, 5.41) is 13.1. The van der Waals surface area contributed by atoms with Crippen molar-refractivity contribution in [3.05, 3.63) is 375 Å². The van der Waals surface area contributed by atoms with Gasteiger partial charge in [-0.1, -0.05) is 269 Å². The summed E-state index contributed by atoms with van der Waals surface area (Å²) in [5.74, 6) is 0. The van der Waals surface area contributed by atoms with Crippen molar-refractivity contribution in [3.63, 3.8) is 0 Å². The van der Waals surface area contributed by atoms with Crippen LogP contribution in [0.4, 0.5) is 17.1 Å². The molecule has 0 radical (unpaired) electrons. The lowest BCUT2D eigenvalue weighted by atomic mass is 9.82. The Labute approximate surface area is 608 Å². The zero-order valence-electron chi connectivity index (χ0n) is 57.9. The van der Waals surface area contributed by atoms with E-state index in [0.29, 0.717) is 0 Å². The maximum atomic E-state index is 2.46. The molecular weight excluding hydrogens is 1270 g/mol. The molecule has 0 fully saturated rings. The molecule has 20 aromatic rings. The number of nitrogens with zero attached hydrogens (tertiary/aromatic N) is 4. The van der Waals surface area contributed by atoms with Crippen LogP contribution in [0.25, 0.3) is 182 Å². The Morgan fingerprint density at radius 2 is 0.543 bits per heavy atom. The number of benzene rings is 17. The van der Waals surface area contributed by atoms with Gasteiger partial charge in [-0.3, -0.25) is 0 Å². The third-order valence-electron chi connectivity index (χ3n) is 23.2. The molecule has 0 amide bonds. The predicted octanol–water partition coefficient (Wildman–Crippen LogP) is 27.4. The number of hydrogen-bond acceptors (Lipinski definition) is 1. The minimum absolute atomic E-state index is 0.0700.